The van der Waals surface area contributed by atoms with E-state index in [0.717, 1.165) is 31.2 Å². The molecule has 0 amide bonds. The second-order valence-corrected chi connectivity index (χ2v) is 5.68. The van der Waals surface area contributed by atoms with Gasteiger partial charge in [-0.15, -0.1) is 0 Å². The molecule has 24 heavy (non-hydrogen) atoms. The van der Waals surface area contributed by atoms with Crippen LogP contribution >= 0.6 is 0 Å². The fraction of sp³-hybridized carbons (Fsp3) is 0.368. The predicted molar refractivity (Wildman–Crippen MR) is 89.8 cm³/mol. The summed E-state index contributed by atoms with van der Waals surface area (Å²) < 4.78 is 19.7. The number of pyridine rings is 1. The van der Waals surface area contributed by atoms with E-state index in [0.29, 0.717) is 17.7 Å². The number of nitrogens with zero attached hydrogens (tertiary/aromatic N) is 1. The number of ether oxygens (including phenoxy) is 1. The van der Waals surface area contributed by atoms with Gasteiger partial charge in [-0.2, -0.15) is 4.39 Å². The number of carboxylic acids is 1. The van der Waals surface area contributed by atoms with E-state index in [-0.39, 0.29) is 12.2 Å². The van der Waals surface area contributed by atoms with Crippen LogP contribution in [0, 0.1) is 5.95 Å². The van der Waals surface area contributed by atoms with Gasteiger partial charge in [0, 0.05) is 11.8 Å². The highest BCUT2D eigenvalue weighted by Gasteiger charge is 2.11. The van der Waals surface area contributed by atoms with Crippen molar-refractivity contribution in [3.05, 3.63) is 59.2 Å². The molecule has 0 bridgehead atoms. The maximum absolute atomic E-state index is 14.0. The molecule has 1 N–H and O–H groups in total. The van der Waals surface area contributed by atoms with E-state index < -0.39 is 11.9 Å². The molecule has 0 atom stereocenters. The van der Waals surface area contributed by atoms with Gasteiger partial charge in [-0.1, -0.05) is 38.3 Å². The number of halogens is 1. The van der Waals surface area contributed by atoms with Crippen LogP contribution in [0.4, 0.5) is 4.39 Å². The van der Waals surface area contributed by atoms with Gasteiger partial charge in [0.1, 0.15) is 12.4 Å². The first-order chi connectivity index (χ1) is 11.6. The Hall–Kier alpha value is -2.43. The number of aromatic nitrogens is 1. The monoisotopic (exact) mass is 331 g/mol. The lowest BCUT2D eigenvalue weighted by molar-refractivity contribution is 0.0696. The lowest BCUT2D eigenvalue weighted by atomic mass is 10.1. The summed E-state index contributed by atoms with van der Waals surface area (Å²) >= 11 is 0. The summed E-state index contributed by atoms with van der Waals surface area (Å²) in [5.41, 5.74) is 1.42. The van der Waals surface area contributed by atoms with E-state index >= 15 is 0 Å². The molecule has 0 aliphatic heterocycles. The number of carboxylic acid groups (broad SMARTS) is 1. The van der Waals surface area contributed by atoms with E-state index in [2.05, 4.69) is 11.9 Å². The van der Waals surface area contributed by atoms with Gasteiger partial charge in [-0.3, -0.25) is 0 Å². The van der Waals surface area contributed by atoms with Crippen molar-refractivity contribution < 1.29 is 19.0 Å². The predicted octanol–water partition coefficient (Wildman–Crippen LogP) is 4.62. The van der Waals surface area contributed by atoms with Crippen LogP contribution in [0.25, 0.3) is 0 Å². The van der Waals surface area contributed by atoms with Crippen molar-refractivity contribution in [2.24, 2.45) is 0 Å². The third-order valence-corrected chi connectivity index (χ3v) is 3.81. The highest BCUT2D eigenvalue weighted by atomic mass is 19.1. The first-order valence-electron chi connectivity index (χ1n) is 8.20. The van der Waals surface area contributed by atoms with E-state index in [4.69, 9.17) is 9.84 Å². The highest BCUT2D eigenvalue weighted by Crippen LogP contribution is 2.23. The SMILES string of the molecule is CCCCCCc1c(OCc2cccc(C(=O)O)c2)ccnc1F. The van der Waals surface area contributed by atoms with Crippen molar-refractivity contribution in [3.63, 3.8) is 0 Å². The summed E-state index contributed by atoms with van der Waals surface area (Å²) in [6.07, 6.45) is 6.16. The van der Waals surface area contributed by atoms with Crippen LogP contribution in [0.2, 0.25) is 0 Å². The van der Waals surface area contributed by atoms with Gasteiger partial charge in [0.05, 0.1) is 5.56 Å². The normalized spacial score (nSPS) is 10.6. The smallest absolute Gasteiger partial charge is 0.335 e. The summed E-state index contributed by atoms with van der Waals surface area (Å²) in [6, 6.07) is 8.18. The zero-order valence-electron chi connectivity index (χ0n) is 13.8. The molecule has 2 rings (SSSR count). The molecule has 0 aliphatic rings. The van der Waals surface area contributed by atoms with E-state index in [1.165, 1.54) is 12.3 Å². The molecule has 0 fully saturated rings. The number of hydrogen-bond donors (Lipinski definition) is 1. The second kappa shape index (κ2) is 9.01. The number of carbonyl (C=O) groups is 1. The Balaban J connectivity index is 2.05. The van der Waals surface area contributed by atoms with Crippen LogP contribution < -0.4 is 4.74 Å². The van der Waals surface area contributed by atoms with Crippen LogP contribution in [0.15, 0.2) is 36.5 Å². The Morgan fingerprint density at radius 3 is 2.83 bits per heavy atom. The molecule has 0 aliphatic carbocycles. The minimum atomic E-state index is -0.983. The van der Waals surface area contributed by atoms with E-state index in [1.807, 2.05) is 0 Å². The Kier molecular flexibility index (Phi) is 6.73. The van der Waals surface area contributed by atoms with Crippen LogP contribution in [0.1, 0.15) is 54.1 Å². The van der Waals surface area contributed by atoms with Crippen molar-refractivity contribution in [2.75, 3.05) is 0 Å². The topological polar surface area (TPSA) is 59.4 Å². The summed E-state index contributed by atoms with van der Waals surface area (Å²) in [7, 11) is 0. The molecule has 0 unspecified atom stereocenters. The Morgan fingerprint density at radius 1 is 1.25 bits per heavy atom. The van der Waals surface area contributed by atoms with Crippen LogP contribution in [0.5, 0.6) is 5.75 Å². The van der Waals surface area contributed by atoms with Gasteiger partial charge >= 0.3 is 5.97 Å². The Labute approximate surface area is 141 Å². The van der Waals surface area contributed by atoms with E-state index in [1.54, 1.807) is 24.3 Å². The number of aromatic carboxylic acids is 1. The second-order valence-electron chi connectivity index (χ2n) is 5.68. The van der Waals surface area contributed by atoms with Crippen molar-refractivity contribution in [1.82, 2.24) is 4.98 Å². The molecular weight excluding hydrogens is 309 g/mol. The summed E-state index contributed by atoms with van der Waals surface area (Å²) in [5, 5.41) is 9.02. The number of rotatable bonds is 9. The first-order valence-corrected chi connectivity index (χ1v) is 8.20. The van der Waals surface area contributed by atoms with Gasteiger partial charge < -0.3 is 9.84 Å². The van der Waals surface area contributed by atoms with Gasteiger partial charge in [-0.25, -0.2) is 9.78 Å². The summed E-state index contributed by atoms with van der Waals surface area (Å²) in [6.45, 7) is 2.32. The van der Waals surface area contributed by atoms with Gasteiger partial charge in [0.15, 0.2) is 0 Å². The fourth-order valence-corrected chi connectivity index (χ4v) is 2.50. The minimum Gasteiger partial charge on any atom is -0.488 e. The summed E-state index contributed by atoms with van der Waals surface area (Å²) in [4.78, 5) is 14.7. The third kappa shape index (κ3) is 5.05. The molecule has 4 nitrogen and oxygen atoms in total. The number of unbranched alkanes of at least 4 members (excludes halogenated alkanes) is 3. The third-order valence-electron chi connectivity index (χ3n) is 3.81. The molecule has 1 heterocycles. The summed E-state index contributed by atoms with van der Waals surface area (Å²) in [5.74, 6) is -1.01. The largest absolute Gasteiger partial charge is 0.488 e. The Morgan fingerprint density at radius 2 is 2.08 bits per heavy atom. The number of hydrogen-bond acceptors (Lipinski definition) is 3. The average molecular weight is 331 g/mol. The molecule has 2 aromatic rings. The zero-order valence-corrected chi connectivity index (χ0v) is 13.8. The quantitative estimate of drug-likeness (QED) is 0.538. The van der Waals surface area contributed by atoms with Crippen LogP contribution in [-0.2, 0) is 13.0 Å². The molecular formula is C19H22FNO3. The van der Waals surface area contributed by atoms with Crippen LogP contribution in [-0.4, -0.2) is 16.1 Å². The lowest BCUT2D eigenvalue weighted by Crippen LogP contribution is -2.04. The molecule has 0 saturated heterocycles. The van der Waals surface area contributed by atoms with Gasteiger partial charge in [-0.05, 0) is 36.6 Å². The highest BCUT2D eigenvalue weighted by molar-refractivity contribution is 5.87. The van der Waals surface area contributed by atoms with Crippen molar-refractivity contribution in [2.45, 2.75) is 45.6 Å². The van der Waals surface area contributed by atoms with Crippen LogP contribution in [0.3, 0.4) is 0 Å². The van der Waals surface area contributed by atoms with Crippen molar-refractivity contribution in [1.29, 1.82) is 0 Å². The first kappa shape index (κ1) is 17.9. The molecule has 0 radical (unpaired) electrons. The van der Waals surface area contributed by atoms with Gasteiger partial charge in [0.25, 0.3) is 0 Å². The van der Waals surface area contributed by atoms with E-state index in [9.17, 15) is 9.18 Å². The van der Waals surface area contributed by atoms with Gasteiger partial charge in [0.2, 0.25) is 5.95 Å². The molecule has 1 aromatic heterocycles. The molecule has 5 heteroatoms. The maximum atomic E-state index is 14.0. The molecule has 1 aromatic carbocycles. The maximum Gasteiger partial charge on any atom is 0.335 e. The number of benzene rings is 1. The Bertz CT molecular complexity index is 688. The lowest BCUT2D eigenvalue weighted by Gasteiger charge is -2.12. The van der Waals surface area contributed by atoms with Crippen molar-refractivity contribution >= 4 is 5.97 Å². The standard InChI is InChI=1S/C19H22FNO3/c1-2-3-4-5-9-16-17(10-11-21-18(16)20)24-13-14-7-6-8-15(12-14)19(22)23/h6-8,10-12H,2-5,9,13H2,1H3,(H,22,23). The zero-order chi connectivity index (χ0) is 17.4. The average Bonchev–Trinajstić information content (AvgIpc) is 2.58. The molecule has 0 spiro atoms. The molecule has 128 valence electrons. The molecule has 0 saturated carbocycles. The fourth-order valence-electron chi connectivity index (χ4n) is 2.50. The van der Waals surface area contributed by atoms with Crippen molar-refractivity contribution in [3.8, 4) is 5.75 Å². The minimum absolute atomic E-state index is 0.187.